The third-order valence-corrected chi connectivity index (χ3v) is 3.42. The Bertz CT molecular complexity index is 597. The highest BCUT2D eigenvalue weighted by atomic mass is 16.5. The van der Waals surface area contributed by atoms with Crippen LogP contribution in [0, 0.1) is 5.92 Å². The molecule has 0 bridgehead atoms. The van der Waals surface area contributed by atoms with Crippen molar-refractivity contribution in [2.45, 2.75) is 26.8 Å². The molecule has 0 aliphatic rings. The summed E-state index contributed by atoms with van der Waals surface area (Å²) in [6, 6.07) is 9.81. The molecule has 22 heavy (non-hydrogen) atoms. The van der Waals surface area contributed by atoms with E-state index in [0.717, 1.165) is 5.56 Å². The summed E-state index contributed by atoms with van der Waals surface area (Å²) in [7, 11) is 0. The van der Waals surface area contributed by atoms with Gasteiger partial charge in [0.25, 0.3) is 5.91 Å². The van der Waals surface area contributed by atoms with Crippen LogP contribution in [-0.4, -0.2) is 28.5 Å². The number of benzene rings is 1. The molecule has 0 spiro atoms. The largest absolute Gasteiger partial charge is 0.481 e. The highest BCUT2D eigenvalue weighted by Crippen LogP contribution is 2.15. The van der Waals surface area contributed by atoms with Gasteiger partial charge in [-0.15, -0.1) is 0 Å². The monoisotopic (exact) mass is 299 g/mol. The van der Waals surface area contributed by atoms with Crippen LogP contribution in [0.2, 0.25) is 0 Å². The molecule has 0 fully saturated rings. The zero-order chi connectivity index (χ0) is 15.9. The van der Waals surface area contributed by atoms with Gasteiger partial charge in [0.2, 0.25) is 0 Å². The zero-order valence-electron chi connectivity index (χ0n) is 13.1. The summed E-state index contributed by atoms with van der Waals surface area (Å²) in [4.78, 5) is 20.2. The zero-order valence-corrected chi connectivity index (χ0v) is 13.1. The molecule has 1 N–H and O–H groups in total. The fourth-order valence-electron chi connectivity index (χ4n) is 1.74. The Balaban J connectivity index is 1.88. The lowest BCUT2D eigenvalue weighted by molar-refractivity contribution is -0.124. The van der Waals surface area contributed by atoms with Gasteiger partial charge in [0.15, 0.2) is 18.2 Å². The van der Waals surface area contributed by atoms with Gasteiger partial charge in [-0.2, -0.15) is 0 Å². The number of rotatable bonds is 6. The van der Waals surface area contributed by atoms with Crippen LogP contribution in [0.1, 0.15) is 20.8 Å². The van der Waals surface area contributed by atoms with Crippen molar-refractivity contribution in [2.75, 3.05) is 6.61 Å². The summed E-state index contributed by atoms with van der Waals surface area (Å²) in [5.74, 6) is 1.35. The lowest BCUT2D eigenvalue weighted by atomic mass is 10.1. The van der Waals surface area contributed by atoms with Gasteiger partial charge in [0.05, 0.1) is 12.4 Å². The minimum atomic E-state index is -0.145. The number of nitrogens with zero attached hydrogens (tertiary/aromatic N) is 2. The van der Waals surface area contributed by atoms with E-state index < -0.39 is 0 Å². The first-order chi connectivity index (χ1) is 10.6. The molecule has 0 radical (unpaired) electrons. The second-order valence-corrected chi connectivity index (χ2v) is 5.50. The molecule has 1 amide bonds. The van der Waals surface area contributed by atoms with E-state index in [-0.39, 0.29) is 18.6 Å². The molecule has 116 valence electrons. The molecule has 2 rings (SSSR count). The van der Waals surface area contributed by atoms with Crippen molar-refractivity contribution in [2.24, 2.45) is 5.92 Å². The highest BCUT2D eigenvalue weighted by Gasteiger charge is 2.11. The Morgan fingerprint density at radius 3 is 2.36 bits per heavy atom. The normalized spacial score (nSPS) is 12.0. The fraction of sp³-hybridized carbons (Fsp3) is 0.353. The van der Waals surface area contributed by atoms with Crippen molar-refractivity contribution >= 4 is 5.91 Å². The first kappa shape index (κ1) is 15.9. The maximum Gasteiger partial charge on any atom is 0.258 e. The number of ether oxygens (including phenoxy) is 1. The standard InChI is InChI=1S/C17H21N3O2/c1-12(2)13(3)20-16(21)11-22-15-9-18-17(19-10-15)14-7-5-4-6-8-14/h4-10,12-13H,11H2,1-3H3,(H,20,21). The van der Waals surface area contributed by atoms with Crippen LogP contribution < -0.4 is 10.1 Å². The van der Waals surface area contributed by atoms with Crippen LogP contribution in [0.15, 0.2) is 42.7 Å². The first-order valence-corrected chi connectivity index (χ1v) is 7.36. The highest BCUT2D eigenvalue weighted by molar-refractivity contribution is 5.77. The predicted octanol–water partition coefficient (Wildman–Crippen LogP) is 2.68. The van der Waals surface area contributed by atoms with E-state index in [1.807, 2.05) is 37.3 Å². The van der Waals surface area contributed by atoms with Gasteiger partial charge in [0, 0.05) is 11.6 Å². The molecular weight excluding hydrogens is 278 g/mol. The smallest absolute Gasteiger partial charge is 0.258 e. The first-order valence-electron chi connectivity index (χ1n) is 7.36. The molecule has 5 nitrogen and oxygen atoms in total. The Kier molecular flexibility index (Phi) is 5.47. The maximum absolute atomic E-state index is 11.7. The Hall–Kier alpha value is -2.43. The van der Waals surface area contributed by atoms with Crippen molar-refractivity contribution in [1.29, 1.82) is 0 Å². The van der Waals surface area contributed by atoms with Gasteiger partial charge in [-0.1, -0.05) is 44.2 Å². The SMILES string of the molecule is CC(C)C(C)NC(=O)COc1cnc(-c2ccccc2)nc1. The molecule has 1 atom stereocenters. The van der Waals surface area contributed by atoms with Crippen molar-refractivity contribution in [1.82, 2.24) is 15.3 Å². The summed E-state index contributed by atoms with van der Waals surface area (Å²) >= 11 is 0. The summed E-state index contributed by atoms with van der Waals surface area (Å²) in [6.45, 7) is 6.05. The van der Waals surface area contributed by atoms with Crippen molar-refractivity contribution in [3.05, 3.63) is 42.7 Å². The molecule has 0 saturated heterocycles. The molecule has 1 aromatic heterocycles. The average Bonchev–Trinajstić information content (AvgIpc) is 2.54. The number of nitrogens with one attached hydrogen (secondary N) is 1. The summed E-state index contributed by atoms with van der Waals surface area (Å²) in [6.07, 6.45) is 3.16. The number of amides is 1. The molecular formula is C17H21N3O2. The number of carbonyl (C=O) groups excluding carboxylic acids is 1. The van der Waals surface area contributed by atoms with Crippen molar-refractivity contribution in [3.63, 3.8) is 0 Å². The number of hydrogen-bond acceptors (Lipinski definition) is 4. The fourth-order valence-corrected chi connectivity index (χ4v) is 1.74. The van der Waals surface area contributed by atoms with Gasteiger partial charge in [-0.05, 0) is 12.8 Å². The van der Waals surface area contributed by atoms with E-state index in [2.05, 4.69) is 29.1 Å². The summed E-state index contributed by atoms with van der Waals surface area (Å²) in [5.41, 5.74) is 0.942. The van der Waals surface area contributed by atoms with E-state index in [9.17, 15) is 4.79 Å². The Morgan fingerprint density at radius 2 is 1.77 bits per heavy atom. The van der Waals surface area contributed by atoms with Gasteiger partial charge in [-0.3, -0.25) is 4.79 Å². The molecule has 0 saturated carbocycles. The van der Waals surface area contributed by atoms with Crippen LogP contribution in [0.4, 0.5) is 0 Å². The number of carbonyl (C=O) groups is 1. The third-order valence-electron chi connectivity index (χ3n) is 3.42. The van der Waals surface area contributed by atoms with Crippen LogP contribution in [0.5, 0.6) is 5.75 Å². The summed E-state index contributed by atoms with van der Waals surface area (Å²) in [5, 5.41) is 2.88. The van der Waals surface area contributed by atoms with E-state index in [4.69, 9.17) is 4.74 Å². The van der Waals surface area contributed by atoms with Gasteiger partial charge in [0.1, 0.15) is 0 Å². The van der Waals surface area contributed by atoms with Gasteiger partial charge in [-0.25, -0.2) is 9.97 Å². The van der Waals surface area contributed by atoms with Crippen molar-refractivity contribution < 1.29 is 9.53 Å². The predicted molar refractivity (Wildman–Crippen MR) is 85.4 cm³/mol. The van der Waals surface area contributed by atoms with Gasteiger partial charge >= 0.3 is 0 Å². The average molecular weight is 299 g/mol. The lowest BCUT2D eigenvalue weighted by Gasteiger charge is -2.17. The van der Waals surface area contributed by atoms with Crippen LogP contribution in [-0.2, 0) is 4.79 Å². The number of aromatic nitrogens is 2. The minimum Gasteiger partial charge on any atom is -0.481 e. The molecule has 2 aromatic rings. The van der Waals surface area contributed by atoms with E-state index in [1.165, 1.54) is 0 Å². The second kappa shape index (κ2) is 7.54. The van der Waals surface area contributed by atoms with E-state index >= 15 is 0 Å². The summed E-state index contributed by atoms with van der Waals surface area (Å²) < 4.78 is 5.40. The molecule has 1 aromatic carbocycles. The van der Waals surface area contributed by atoms with Crippen LogP contribution in [0.3, 0.4) is 0 Å². The number of hydrogen-bond donors (Lipinski definition) is 1. The molecule has 1 heterocycles. The van der Waals surface area contributed by atoms with Crippen LogP contribution >= 0.6 is 0 Å². The molecule has 0 aliphatic carbocycles. The quantitative estimate of drug-likeness (QED) is 0.890. The molecule has 0 aliphatic heterocycles. The van der Waals surface area contributed by atoms with Crippen LogP contribution in [0.25, 0.3) is 11.4 Å². The topological polar surface area (TPSA) is 64.1 Å². The second-order valence-electron chi connectivity index (χ2n) is 5.50. The molecule has 5 heteroatoms. The van der Waals surface area contributed by atoms with E-state index in [0.29, 0.717) is 17.5 Å². The van der Waals surface area contributed by atoms with Gasteiger partial charge < -0.3 is 10.1 Å². The Morgan fingerprint density at radius 1 is 1.14 bits per heavy atom. The minimum absolute atomic E-state index is 0.0366. The lowest BCUT2D eigenvalue weighted by Crippen LogP contribution is -2.38. The van der Waals surface area contributed by atoms with Crippen molar-refractivity contribution in [3.8, 4) is 17.1 Å². The Labute approximate surface area is 130 Å². The maximum atomic E-state index is 11.7. The van der Waals surface area contributed by atoms with E-state index in [1.54, 1.807) is 12.4 Å². The molecule has 1 unspecified atom stereocenters. The third kappa shape index (κ3) is 4.55.